The highest BCUT2D eigenvalue weighted by Crippen LogP contribution is 2.22. The fourth-order valence-corrected chi connectivity index (χ4v) is 2.69. The van der Waals surface area contributed by atoms with Crippen LogP contribution in [0.25, 0.3) is 0 Å². The van der Waals surface area contributed by atoms with Crippen LogP contribution in [0.4, 0.5) is 0 Å². The summed E-state index contributed by atoms with van der Waals surface area (Å²) in [5.74, 6) is -0.940. The van der Waals surface area contributed by atoms with E-state index in [2.05, 4.69) is 5.32 Å². The van der Waals surface area contributed by atoms with Gasteiger partial charge in [0.15, 0.2) is 6.10 Å². The summed E-state index contributed by atoms with van der Waals surface area (Å²) in [5, 5.41) is 3.51. The summed E-state index contributed by atoms with van der Waals surface area (Å²) < 4.78 is 5.15. The van der Waals surface area contributed by atoms with E-state index in [1.54, 1.807) is 13.0 Å². The number of rotatable bonds is 4. The van der Waals surface area contributed by atoms with Crippen molar-refractivity contribution in [1.29, 1.82) is 0 Å². The Kier molecular flexibility index (Phi) is 5.48. The molecule has 0 spiro atoms. The molecule has 0 aliphatic heterocycles. The standard InChI is InChI=1S/C15H17Cl2NO3/c1-9(14(19)18-11-4-2-3-5-11)21-15(20)12-8-10(16)6-7-13(12)17/h6-9,11H,2-5H2,1H3,(H,18,19)/t9-/m0/s1. The Bertz CT molecular complexity index is 542. The highest BCUT2D eigenvalue weighted by Gasteiger charge is 2.24. The third-order valence-corrected chi connectivity index (χ3v) is 4.07. The average Bonchev–Trinajstić information content (AvgIpc) is 2.94. The van der Waals surface area contributed by atoms with Gasteiger partial charge in [-0.3, -0.25) is 4.79 Å². The third-order valence-electron chi connectivity index (χ3n) is 3.50. The number of amides is 1. The van der Waals surface area contributed by atoms with E-state index in [4.69, 9.17) is 27.9 Å². The maximum absolute atomic E-state index is 12.0. The fourth-order valence-electron chi connectivity index (χ4n) is 2.32. The second kappa shape index (κ2) is 7.14. The van der Waals surface area contributed by atoms with Crippen LogP contribution in [0.2, 0.25) is 10.0 Å². The Morgan fingerprint density at radius 1 is 1.29 bits per heavy atom. The molecule has 0 aromatic heterocycles. The van der Waals surface area contributed by atoms with Gasteiger partial charge in [-0.2, -0.15) is 0 Å². The maximum atomic E-state index is 12.0. The number of ether oxygens (including phenoxy) is 1. The predicted molar refractivity (Wildman–Crippen MR) is 81.7 cm³/mol. The number of benzene rings is 1. The molecule has 0 heterocycles. The van der Waals surface area contributed by atoms with E-state index < -0.39 is 12.1 Å². The normalized spacial score (nSPS) is 16.5. The highest BCUT2D eigenvalue weighted by molar-refractivity contribution is 6.35. The molecule has 1 atom stereocenters. The van der Waals surface area contributed by atoms with E-state index >= 15 is 0 Å². The maximum Gasteiger partial charge on any atom is 0.340 e. The molecule has 1 aromatic carbocycles. The van der Waals surface area contributed by atoms with Gasteiger partial charge in [0, 0.05) is 11.1 Å². The predicted octanol–water partition coefficient (Wildman–Crippen LogP) is 3.60. The van der Waals surface area contributed by atoms with E-state index in [0.29, 0.717) is 5.02 Å². The number of carbonyl (C=O) groups excluding carboxylic acids is 2. The van der Waals surface area contributed by atoms with Gasteiger partial charge in [0.2, 0.25) is 0 Å². The van der Waals surface area contributed by atoms with Gasteiger partial charge in [-0.25, -0.2) is 4.79 Å². The van der Waals surface area contributed by atoms with E-state index in [9.17, 15) is 9.59 Å². The van der Waals surface area contributed by atoms with Crippen molar-refractivity contribution >= 4 is 35.1 Å². The molecule has 6 heteroatoms. The Balaban J connectivity index is 1.94. The van der Waals surface area contributed by atoms with Crippen LogP contribution in [0, 0.1) is 0 Å². The van der Waals surface area contributed by atoms with Crippen LogP contribution in [0.3, 0.4) is 0 Å². The van der Waals surface area contributed by atoms with E-state index in [0.717, 1.165) is 25.7 Å². The van der Waals surface area contributed by atoms with Gasteiger partial charge in [-0.1, -0.05) is 36.0 Å². The number of nitrogens with one attached hydrogen (secondary N) is 1. The first-order valence-corrected chi connectivity index (χ1v) is 7.69. The minimum Gasteiger partial charge on any atom is -0.449 e. The SMILES string of the molecule is C[C@H](OC(=O)c1cc(Cl)ccc1Cl)C(=O)NC1CCCC1. The topological polar surface area (TPSA) is 55.4 Å². The lowest BCUT2D eigenvalue weighted by Gasteiger charge is -2.17. The summed E-state index contributed by atoms with van der Waals surface area (Å²) in [5.41, 5.74) is 0.157. The lowest BCUT2D eigenvalue weighted by atomic mass is 10.2. The largest absolute Gasteiger partial charge is 0.449 e. The Labute approximate surface area is 133 Å². The third kappa shape index (κ3) is 4.35. The highest BCUT2D eigenvalue weighted by atomic mass is 35.5. The zero-order chi connectivity index (χ0) is 15.4. The molecule has 0 radical (unpaired) electrons. The van der Waals surface area contributed by atoms with E-state index in [1.165, 1.54) is 12.1 Å². The first-order chi connectivity index (χ1) is 9.97. The lowest BCUT2D eigenvalue weighted by Crippen LogP contribution is -2.40. The van der Waals surface area contributed by atoms with Crippen molar-refractivity contribution in [1.82, 2.24) is 5.32 Å². The van der Waals surface area contributed by atoms with Crippen LogP contribution in [0.1, 0.15) is 43.0 Å². The van der Waals surface area contributed by atoms with Crippen molar-refractivity contribution < 1.29 is 14.3 Å². The first kappa shape index (κ1) is 16.1. The number of hydrogen-bond donors (Lipinski definition) is 1. The molecule has 1 N–H and O–H groups in total. The molecule has 0 bridgehead atoms. The lowest BCUT2D eigenvalue weighted by molar-refractivity contribution is -0.129. The zero-order valence-electron chi connectivity index (χ0n) is 11.7. The van der Waals surface area contributed by atoms with Crippen LogP contribution >= 0.6 is 23.2 Å². The average molecular weight is 330 g/mol. The van der Waals surface area contributed by atoms with Crippen molar-refractivity contribution in [3.8, 4) is 0 Å². The Hall–Kier alpha value is -1.26. The second-order valence-corrected chi connectivity index (χ2v) is 6.01. The molecule has 1 amide bonds. The van der Waals surface area contributed by atoms with Gasteiger partial charge in [0.25, 0.3) is 5.91 Å². The van der Waals surface area contributed by atoms with Crippen molar-refractivity contribution in [2.45, 2.75) is 44.8 Å². The summed E-state index contributed by atoms with van der Waals surface area (Å²) in [7, 11) is 0. The van der Waals surface area contributed by atoms with Gasteiger partial charge in [-0.05, 0) is 38.0 Å². The molecule has 0 saturated heterocycles. The van der Waals surface area contributed by atoms with Crippen LogP contribution in [-0.2, 0) is 9.53 Å². The second-order valence-electron chi connectivity index (χ2n) is 5.16. The van der Waals surface area contributed by atoms with Crippen molar-refractivity contribution in [2.75, 3.05) is 0 Å². The fraction of sp³-hybridized carbons (Fsp3) is 0.467. The van der Waals surface area contributed by atoms with Crippen LogP contribution in [-0.4, -0.2) is 24.0 Å². The molecule has 1 aromatic rings. The van der Waals surface area contributed by atoms with E-state index in [-0.39, 0.29) is 22.5 Å². The summed E-state index contributed by atoms with van der Waals surface area (Å²) >= 11 is 11.8. The summed E-state index contributed by atoms with van der Waals surface area (Å²) in [6.45, 7) is 1.54. The molecule has 21 heavy (non-hydrogen) atoms. The molecule has 2 rings (SSSR count). The minimum absolute atomic E-state index is 0.157. The van der Waals surface area contributed by atoms with E-state index in [1.807, 2.05) is 0 Å². The molecule has 1 aliphatic carbocycles. The molecule has 1 saturated carbocycles. The minimum atomic E-state index is -0.867. The number of esters is 1. The summed E-state index contributed by atoms with van der Waals surface area (Å²) in [6.07, 6.45) is 3.33. The summed E-state index contributed by atoms with van der Waals surface area (Å²) in [4.78, 5) is 24.0. The summed E-state index contributed by atoms with van der Waals surface area (Å²) in [6, 6.07) is 4.71. The smallest absolute Gasteiger partial charge is 0.340 e. The van der Waals surface area contributed by atoms with Crippen LogP contribution < -0.4 is 5.32 Å². The molecular formula is C15H17Cl2NO3. The van der Waals surface area contributed by atoms with Crippen molar-refractivity contribution in [3.63, 3.8) is 0 Å². The number of carbonyl (C=O) groups is 2. The monoisotopic (exact) mass is 329 g/mol. The molecule has 1 aliphatic rings. The van der Waals surface area contributed by atoms with Crippen molar-refractivity contribution in [2.24, 2.45) is 0 Å². The molecule has 114 valence electrons. The van der Waals surface area contributed by atoms with Crippen molar-refractivity contribution in [3.05, 3.63) is 33.8 Å². The number of hydrogen-bond acceptors (Lipinski definition) is 3. The Morgan fingerprint density at radius 2 is 1.95 bits per heavy atom. The van der Waals surface area contributed by atoms with Gasteiger partial charge >= 0.3 is 5.97 Å². The molecule has 1 fully saturated rings. The molecule has 4 nitrogen and oxygen atoms in total. The number of halogens is 2. The van der Waals surface area contributed by atoms with Gasteiger partial charge in [0.05, 0.1) is 10.6 Å². The molecule has 0 unspecified atom stereocenters. The van der Waals surface area contributed by atoms with Gasteiger partial charge in [-0.15, -0.1) is 0 Å². The molecular weight excluding hydrogens is 313 g/mol. The quantitative estimate of drug-likeness (QED) is 0.858. The first-order valence-electron chi connectivity index (χ1n) is 6.94. The van der Waals surface area contributed by atoms with Gasteiger partial charge in [0.1, 0.15) is 0 Å². The van der Waals surface area contributed by atoms with Crippen LogP contribution in [0.5, 0.6) is 0 Å². The Morgan fingerprint density at radius 3 is 2.62 bits per heavy atom. The van der Waals surface area contributed by atoms with Crippen LogP contribution in [0.15, 0.2) is 18.2 Å². The van der Waals surface area contributed by atoms with Gasteiger partial charge < -0.3 is 10.1 Å². The zero-order valence-corrected chi connectivity index (χ0v) is 13.2.